The number of primary amides is 1. The van der Waals surface area contributed by atoms with Crippen LogP contribution in [0.4, 0.5) is 10.1 Å². The van der Waals surface area contributed by atoms with Crippen LogP contribution in [0, 0.1) is 12.7 Å². The number of hydrogen-bond acceptors (Lipinski definition) is 2. The van der Waals surface area contributed by atoms with Crippen molar-refractivity contribution in [3.63, 3.8) is 0 Å². The fourth-order valence-corrected chi connectivity index (χ4v) is 1.39. The first kappa shape index (κ1) is 13.2. The van der Waals surface area contributed by atoms with Crippen LogP contribution >= 0.6 is 0 Å². The zero-order valence-electron chi connectivity index (χ0n) is 9.84. The van der Waals surface area contributed by atoms with Gasteiger partial charge in [-0.1, -0.05) is 6.92 Å². The molecule has 0 heterocycles. The first-order valence-electron chi connectivity index (χ1n) is 5.35. The van der Waals surface area contributed by atoms with E-state index in [1.807, 2.05) is 6.92 Å². The van der Waals surface area contributed by atoms with Crippen molar-refractivity contribution in [2.45, 2.75) is 26.7 Å². The Bertz CT molecular complexity index is 458. The molecule has 0 radical (unpaired) electrons. The van der Waals surface area contributed by atoms with Crippen LogP contribution in [0.2, 0.25) is 0 Å². The first-order chi connectivity index (χ1) is 7.95. The van der Waals surface area contributed by atoms with Crippen LogP contribution in [-0.2, 0) is 4.79 Å². The Morgan fingerprint density at radius 1 is 1.41 bits per heavy atom. The largest absolute Gasteiger partial charge is 0.366 e. The highest BCUT2D eigenvalue weighted by Crippen LogP contribution is 2.20. The highest BCUT2D eigenvalue weighted by atomic mass is 19.1. The summed E-state index contributed by atoms with van der Waals surface area (Å²) in [6.45, 7) is 3.40. The monoisotopic (exact) mass is 238 g/mol. The SMILES string of the molecule is CCCC(=O)Nc1cc(C(N)=O)cc(F)c1C. The molecule has 2 amide bonds. The number of nitrogens with two attached hydrogens (primary N) is 1. The van der Waals surface area contributed by atoms with Crippen LogP contribution < -0.4 is 11.1 Å². The van der Waals surface area contributed by atoms with Gasteiger partial charge in [0.2, 0.25) is 11.8 Å². The van der Waals surface area contributed by atoms with Crippen LogP contribution in [0.1, 0.15) is 35.7 Å². The number of benzene rings is 1. The normalized spacial score (nSPS) is 10.1. The summed E-state index contributed by atoms with van der Waals surface area (Å²) in [6.07, 6.45) is 1.05. The minimum atomic E-state index is -0.727. The summed E-state index contributed by atoms with van der Waals surface area (Å²) in [5.41, 5.74) is 5.69. The van der Waals surface area contributed by atoms with E-state index in [1.165, 1.54) is 13.0 Å². The number of halogens is 1. The summed E-state index contributed by atoms with van der Waals surface area (Å²) in [4.78, 5) is 22.4. The lowest BCUT2D eigenvalue weighted by Gasteiger charge is -2.10. The van der Waals surface area contributed by atoms with Crippen molar-refractivity contribution in [3.8, 4) is 0 Å². The Hall–Kier alpha value is -1.91. The maximum atomic E-state index is 13.5. The summed E-state index contributed by atoms with van der Waals surface area (Å²) >= 11 is 0. The maximum absolute atomic E-state index is 13.5. The van der Waals surface area contributed by atoms with Gasteiger partial charge in [0.15, 0.2) is 0 Å². The standard InChI is InChI=1S/C12H15FN2O2/c1-3-4-11(16)15-10-6-8(12(14)17)5-9(13)7(10)2/h5-6H,3-4H2,1-2H3,(H2,14,17)(H,15,16). The molecule has 0 bridgehead atoms. The van der Waals surface area contributed by atoms with E-state index in [4.69, 9.17) is 5.73 Å². The number of rotatable bonds is 4. The molecule has 0 atom stereocenters. The summed E-state index contributed by atoms with van der Waals surface area (Å²) < 4.78 is 13.5. The number of nitrogens with one attached hydrogen (secondary N) is 1. The molecule has 1 aromatic rings. The fourth-order valence-electron chi connectivity index (χ4n) is 1.39. The Labute approximate surface area is 99.0 Å². The highest BCUT2D eigenvalue weighted by molar-refractivity contribution is 5.97. The molecule has 5 heteroatoms. The van der Waals surface area contributed by atoms with E-state index in [-0.39, 0.29) is 17.2 Å². The van der Waals surface area contributed by atoms with Crippen LogP contribution in [0.5, 0.6) is 0 Å². The number of carbonyl (C=O) groups is 2. The predicted molar refractivity (Wildman–Crippen MR) is 63.2 cm³/mol. The van der Waals surface area contributed by atoms with Crippen LogP contribution in [0.15, 0.2) is 12.1 Å². The van der Waals surface area contributed by atoms with Crippen molar-refractivity contribution in [2.75, 3.05) is 5.32 Å². The molecule has 0 saturated carbocycles. The molecule has 0 aromatic heterocycles. The van der Waals surface area contributed by atoms with Gasteiger partial charge in [0.1, 0.15) is 5.82 Å². The third-order valence-corrected chi connectivity index (χ3v) is 2.38. The average molecular weight is 238 g/mol. The van der Waals surface area contributed by atoms with Crippen molar-refractivity contribution < 1.29 is 14.0 Å². The summed E-state index contributed by atoms with van der Waals surface area (Å²) in [5.74, 6) is -1.50. The summed E-state index contributed by atoms with van der Waals surface area (Å²) in [5, 5.41) is 2.56. The molecule has 0 unspecified atom stereocenters. The second-order valence-electron chi connectivity index (χ2n) is 3.79. The predicted octanol–water partition coefficient (Wildman–Crippen LogP) is 1.97. The van der Waals surface area contributed by atoms with Gasteiger partial charge in [-0.2, -0.15) is 0 Å². The van der Waals surface area contributed by atoms with Crippen molar-refractivity contribution in [3.05, 3.63) is 29.1 Å². The lowest BCUT2D eigenvalue weighted by atomic mass is 10.1. The number of amides is 2. The minimum Gasteiger partial charge on any atom is -0.366 e. The molecule has 0 saturated heterocycles. The lowest BCUT2D eigenvalue weighted by Crippen LogP contribution is -2.15. The first-order valence-corrected chi connectivity index (χ1v) is 5.35. The maximum Gasteiger partial charge on any atom is 0.248 e. The third kappa shape index (κ3) is 3.27. The van der Waals surface area contributed by atoms with E-state index >= 15 is 0 Å². The Morgan fingerprint density at radius 2 is 2.06 bits per heavy atom. The molecule has 1 rings (SSSR count). The van der Waals surface area contributed by atoms with Gasteiger partial charge >= 0.3 is 0 Å². The minimum absolute atomic E-state index is 0.0416. The lowest BCUT2D eigenvalue weighted by molar-refractivity contribution is -0.116. The molecular formula is C12H15FN2O2. The molecule has 92 valence electrons. The van der Waals surface area contributed by atoms with Crippen molar-refractivity contribution in [1.82, 2.24) is 0 Å². The molecule has 17 heavy (non-hydrogen) atoms. The van der Waals surface area contributed by atoms with Gasteiger partial charge in [-0.05, 0) is 25.5 Å². The Balaban J connectivity index is 3.05. The summed E-state index contributed by atoms with van der Waals surface area (Å²) in [6, 6.07) is 2.45. The molecule has 0 aliphatic carbocycles. The number of anilines is 1. The van der Waals surface area contributed by atoms with Gasteiger partial charge < -0.3 is 11.1 Å². The third-order valence-electron chi connectivity index (χ3n) is 2.38. The zero-order chi connectivity index (χ0) is 13.0. The molecule has 0 spiro atoms. The van der Waals surface area contributed by atoms with Crippen molar-refractivity contribution >= 4 is 17.5 Å². The highest BCUT2D eigenvalue weighted by Gasteiger charge is 2.12. The van der Waals surface area contributed by atoms with E-state index in [1.54, 1.807) is 0 Å². The topological polar surface area (TPSA) is 72.2 Å². The molecular weight excluding hydrogens is 223 g/mol. The number of carbonyl (C=O) groups excluding carboxylic acids is 2. The van der Waals surface area contributed by atoms with Crippen molar-refractivity contribution in [1.29, 1.82) is 0 Å². The van der Waals surface area contributed by atoms with Crippen molar-refractivity contribution in [2.24, 2.45) is 5.73 Å². The molecule has 3 N–H and O–H groups in total. The van der Waals surface area contributed by atoms with Gasteiger partial charge in [-0.25, -0.2) is 4.39 Å². The van der Waals surface area contributed by atoms with Gasteiger partial charge in [0.25, 0.3) is 0 Å². The van der Waals surface area contributed by atoms with Gasteiger partial charge in [-0.15, -0.1) is 0 Å². The van der Waals surface area contributed by atoms with Gasteiger partial charge in [-0.3, -0.25) is 9.59 Å². The quantitative estimate of drug-likeness (QED) is 0.841. The van der Waals surface area contributed by atoms with Crippen LogP contribution in [0.3, 0.4) is 0 Å². The van der Waals surface area contributed by atoms with E-state index in [0.717, 1.165) is 6.07 Å². The molecule has 0 fully saturated rings. The second-order valence-corrected chi connectivity index (χ2v) is 3.79. The van der Waals surface area contributed by atoms with E-state index in [0.29, 0.717) is 18.4 Å². The van der Waals surface area contributed by atoms with E-state index in [9.17, 15) is 14.0 Å². The Morgan fingerprint density at radius 3 is 2.59 bits per heavy atom. The van der Waals surface area contributed by atoms with Crippen LogP contribution in [0.25, 0.3) is 0 Å². The van der Waals surface area contributed by atoms with Gasteiger partial charge in [0, 0.05) is 23.2 Å². The van der Waals surface area contributed by atoms with Gasteiger partial charge in [0.05, 0.1) is 0 Å². The van der Waals surface area contributed by atoms with E-state index in [2.05, 4.69) is 5.32 Å². The number of hydrogen-bond donors (Lipinski definition) is 2. The molecule has 4 nitrogen and oxygen atoms in total. The smallest absolute Gasteiger partial charge is 0.248 e. The van der Waals surface area contributed by atoms with Crippen LogP contribution in [-0.4, -0.2) is 11.8 Å². The van der Waals surface area contributed by atoms with E-state index < -0.39 is 11.7 Å². The zero-order valence-corrected chi connectivity index (χ0v) is 9.84. The Kier molecular flexibility index (Phi) is 4.20. The molecule has 0 aliphatic heterocycles. The average Bonchev–Trinajstić information content (AvgIpc) is 2.24. The summed E-state index contributed by atoms with van der Waals surface area (Å²) in [7, 11) is 0. The molecule has 1 aromatic carbocycles. The molecule has 0 aliphatic rings. The second kappa shape index (κ2) is 5.43. The fraction of sp³-hybridized carbons (Fsp3) is 0.333.